The van der Waals surface area contributed by atoms with Crippen LogP contribution in [0.5, 0.6) is 0 Å². The lowest BCUT2D eigenvalue weighted by Gasteiger charge is -2.19. The number of rotatable bonds is 6. The highest BCUT2D eigenvalue weighted by molar-refractivity contribution is 7.91. The Morgan fingerprint density at radius 1 is 1.58 bits per heavy atom. The first kappa shape index (κ1) is 15.9. The SMILES string of the molecule is CC[C@H](C)[C@H](Nc1nc(C)c(S(N)(=O)=O)s1)C(=O)O. The van der Waals surface area contributed by atoms with Crippen molar-refractivity contribution >= 4 is 32.5 Å². The molecule has 108 valence electrons. The average molecular weight is 307 g/mol. The van der Waals surface area contributed by atoms with Crippen LogP contribution in [0.15, 0.2) is 4.21 Å². The Hall–Kier alpha value is -1.19. The number of aromatic nitrogens is 1. The molecule has 0 fully saturated rings. The summed E-state index contributed by atoms with van der Waals surface area (Å²) >= 11 is 0.842. The van der Waals surface area contributed by atoms with Crippen LogP contribution in [0.2, 0.25) is 0 Å². The van der Waals surface area contributed by atoms with E-state index in [4.69, 9.17) is 10.2 Å². The number of nitrogens with one attached hydrogen (secondary N) is 1. The predicted molar refractivity (Wildman–Crippen MR) is 72.7 cm³/mol. The first-order valence-electron chi connectivity index (χ1n) is 5.66. The standard InChI is InChI=1S/C10H17N3O4S2/c1-4-5(2)7(8(14)15)13-10-12-6(3)9(18-10)19(11,16)17/h5,7H,4H2,1-3H3,(H,12,13)(H,14,15)(H2,11,16,17)/t5-,7-/m0/s1. The Bertz CT molecular complexity index is 567. The molecule has 0 amide bonds. The van der Waals surface area contributed by atoms with Gasteiger partial charge in [-0.05, 0) is 12.8 Å². The van der Waals surface area contributed by atoms with E-state index in [1.165, 1.54) is 6.92 Å². The number of sulfonamides is 1. The van der Waals surface area contributed by atoms with Crippen molar-refractivity contribution in [3.05, 3.63) is 5.69 Å². The zero-order valence-electron chi connectivity index (χ0n) is 10.9. The van der Waals surface area contributed by atoms with Crippen molar-refractivity contribution in [3.63, 3.8) is 0 Å². The normalized spacial score (nSPS) is 14.9. The maximum atomic E-state index is 11.3. The van der Waals surface area contributed by atoms with E-state index in [1.54, 1.807) is 6.92 Å². The number of thiazole rings is 1. The monoisotopic (exact) mass is 307 g/mol. The molecule has 0 radical (unpaired) electrons. The Balaban J connectivity index is 3.02. The van der Waals surface area contributed by atoms with Crippen LogP contribution < -0.4 is 10.5 Å². The molecule has 1 aromatic heterocycles. The van der Waals surface area contributed by atoms with E-state index in [9.17, 15) is 13.2 Å². The Morgan fingerprint density at radius 2 is 2.16 bits per heavy atom. The minimum absolute atomic E-state index is 0.0525. The zero-order chi connectivity index (χ0) is 14.8. The van der Waals surface area contributed by atoms with Gasteiger partial charge in [0.2, 0.25) is 10.0 Å². The molecule has 0 aliphatic rings. The lowest BCUT2D eigenvalue weighted by Crippen LogP contribution is -2.35. The summed E-state index contributed by atoms with van der Waals surface area (Å²) in [4.78, 5) is 15.2. The number of anilines is 1. The molecule has 0 aliphatic heterocycles. The fourth-order valence-corrected chi connectivity index (χ4v) is 3.42. The quantitative estimate of drug-likeness (QED) is 0.721. The van der Waals surface area contributed by atoms with Crippen molar-refractivity contribution in [3.8, 4) is 0 Å². The Labute approximate surface area is 115 Å². The van der Waals surface area contributed by atoms with Gasteiger partial charge in [-0.15, -0.1) is 0 Å². The second-order valence-electron chi connectivity index (χ2n) is 4.28. The molecule has 0 saturated heterocycles. The number of hydrogen-bond acceptors (Lipinski definition) is 6. The molecule has 7 nitrogen and oxygen atoms in total. The van der Waals surface area contributed by atoms with Crippen LogP contribution in [0, 0.1) is 12.8 Å². The first-order chi connectivity index (χ1) is 8.66. The summed E-state index contributed by atoms with van der Waals surface area (Å²) in [5.41, 5.74) is 0.267. The first-order valence-corrected chi connectivity index (χ1v) is 8.02. The molecule has 19 heavy (non-hydrogen) atoms. The van der Waals surface area contributed by atoms with Crippen molar-refractivity contribution in [2.24, 2.45) is 11.1 Å². The molecule has 0 bridgehead atoms. The third-order valence-electron chi connectivity index (χ3n) is 2.77. The maximum Gasteiger partial charge on any atom is 0.326 e. The lowest BCUT2D eigenvalue weighted by molar-refractivity contribution is -0.139. The van der Waals surface area contributed by atoms with E-state index < -0.39 is 22.0 Å². The molecule has 0 aliphatic carbocycles. The second-order valence-corrected chi connectivity index (χ2v) is 7.04. The van der Waals surface area contributed by atoms with Gasteiger partial charge in [-0.1, -0.05) is 31.6 Å². The van der Waals surface area contributed by atoms with Gasteiger partial charge in [-0.3, -0.25) is 0 Å². The molecular weight excluding hydrogens is 290 g/mol. The number of primary sulfonamides is 1. The molecule has 0 saturated carbocycles. The number of hydrogen-bond donors (Lipinski definition) is 3. The van der Waals surface area contributed by atoms with Crippen molar-refractivity contribution in [2.75, 3.05) is 5.32 Å². The molecule has 1 aromatic rings. The largest absolute Gasteiger partial charge is 0.480 e. The van der Waals surface area contributed by atoms with Crippen molar-refractivity contribution in [2.45, 2.75) is 37.4 Å². The molecule has 4 N–H and O–H groups in total. The molecule has 1 rings (SSSR count). The molecule has 0 unspecified atom stereocenters. The predicted octanol–water partition coefficient (Wildman–Crippen LogP) is 1.01. The zero-order valence-corrected chi connectivity index (χ0v) is 12.5. The fourth-order valence-electron chi connectivity index (χ4n) is 1.52. The number of nitrogens with two attached hydrogens (primary N) is 1. The van der Waals surface area contributed by atoms with Crippen LogP contribution in [0.4, 0.5) is 5.13 Å². The highest BCUT2D eigenvalue weighted by Gasteiger charge is 2.26. The van der Waals surface area contributed by atoms with Gasteiger partial charge in [-0.2, -0.15) is 0 Å². The summed E-state index contributed by atoms with van der Waals surface area (Å²) in [6.07, 6.45) is 0.677. The van der Waals surface area contributed by atoms with E-state index in [2.05, 4.69) is 10.3 Å². The van der Waals surface area contributed by atoms with Gasteiger partial charge in [0.25, 0.3) is 0 Å². The van der Waals surface area contributed by atoms with Crippen LogP contribution in [-0.4, -0.2) is 30.5 Å². The van der Waals surface area contributed by atoms with E-state index in [-0.39, 0.29) is 21.0 Å². The van der Waals surface area contributed by atoms with E-state index in [0.29, 0.717) is 6.42 Å². The summed E-state index contributed by atoms with van der Waals surface area (Å²) in [7, 11) is -3.83. The van der Waals surface area contributed by atoms with Gasteiger partial charge in [0.05, 0.1) is 5.69 Å². The van der Waals surface area contributed by atoms with Crippen molar-refractivity contribution < 1.29 is 18.3 Å². The summed E-state index contributed by atoms with van der Waals surface area (Å²) in [5.74, 6) is -1.11. The molecular formula is C10H17N3O4S2. The van der Waals surface area contributed by atoms with Crippen LogP contribution in [0.3, 0.4) is 0 Å². The van der Waals surface area contributed by atoms with Gasteiger partial charge in [0.1, 0.15) is 6.04 Å². The highest BCUT2D eigenvalue weighted by Crippen LogP contribution is 2.27. The smallest absolute Gasteiger partial charge is 0.326 e. The van der Waals surface area contributed by atoms with Crippen LogP contribution >= 0.6 is 11.3 Å². The van der Waals surface area contributed by atoms with Gasteiger partial charge >= 0.3 is 5.97 Å². The lowest BCUT2D eigenvalue weighted by atomic mass is 10.00. The second kappa shape index (κ2) is 5.85. The summed E-state index contributed by atoms with van der Waals surface area (Å²) < 4.78 is 22.5. The van der Waals surface area contributed by atoms with Crippen molar-refractivity contribution in [1.82, 2.24) is 4.98 Å². The Morgan fingerprint density at radius 3 is 2.53 bits per heavy atom. The number of carboxylic acid groups (broad SMARTS) is 1. The van der Waals surface area contributed by atoms with Gasteiger partial charge in [0, 0.05) is 0 Å². The number of carbonyl (C=O) groups is 1. The van der Waals surface area contributed by atoms with E-state index >= 15 is 0 Å². The van der Waals surface area contributed by atoms with E-state index in [0.717, 1.165) is 11.3 Å². The fraction of sp³-hybridized carbons (Fsp3) is 0.600. The third kappa shape index (κ3) is 3.88. The van der Waals surface area contributed by atoms with Gasteiger partial charge < -0.3 is 10.4 Å². The number of aryl methyl sites for hydroxylation is 1. The molecule has 0 spiro atoms. The van der Waals surface area contributed by atoms with Crippen LogP contribution in [0.25, 0.3) is 0 Å². The Kier molecular flexibility index (Phi) is 4.88. The summed E-state index contributed by atoms with van der Waals surface area (Å²) in [6, 6.07) is -0.816. The minimum Gasteiger partial charge on any atom is -0.480 e. The third-order valence-corrected chi connectivity index (χ3v) is 5.41. The maximum absolute atomic E-state index is 11.3. The average Bonchev–Trinajstić information content (AvgIpc) is 2.65. The van der Waals surface area contributed by atoms with Crippen LogP contribution in [-0.2, 0) is 14.8 Å². The number of aliphatic carboxylic acids is 1. The van der Waals surface area contributed by atoms with Crippen LogP contribution in [0.1, 0.15) is 26.0 Å². The van der Waals surface area contributed by atoms with Gasteiger partial charge in [-0.25, -0.2) is 23.3 Å². The highest BCUT2D eigenvalue weighted by atomic mass is 32.2. The van der Waals surface area contributed by atoms with Gasteiger partial charge in [0.15, 0.2) is 9.34 Å². The summed E-state index contributed by atoms with van der Waals surface area (Å²) in [5, 5.41) is 17.2. The molecule has 2 atom stereocenters. The number of nitrogens with zero attached hydrogens (tertiary/aromatic N) is 1. The topological polar surface area (TPSA) is 122 Å². The minimum atomic E-state index is -3.83. The number of carboxylic acids is 1. The molecule has 1 heterocycles. The molecule has 0 aromatic carbocycles. The summed E-state index contributed by atoms with van der Waals surface area (Å²) in [6.45, 7) is 5.19. The van der Waals surface area contributed by atoms with Crippen molar-refractivity contribution in [1.29, 1.82) is 0 Å². The molecule has 9 heteroatoms. The van der Waals surface area contributed by atoms with E-state index in [1.807, 2.05) is 6.92 Å².